The Hall–Kier alpha value is -2.04. The predicted molar refractivity (Wildman–Crippen MR) is 78.0 cm³/mol. The van der Waals surface area contributed by atoms with Crippen molar-refractivity contribution in [2.45, 2.75) is 19.8 Å². The van der Waals surface area contributed by atoms with Gasteiger partial charge in [0.25, 0.3) is 0 Å². The van der Waals surface area contributed by atoms with Crippen LogP contribution in [0.2, 0.25) is 0 Å². The average Bonchev–Trinajstić information content (AvgIpc) is 2.43. The maximum Gasteiger partial charge on any atom is 0.242 e. The van der Waals surface area contributed by atoms with E-state index in [2.05, 4.69) is 0 Å². The lowest BCUT2D eigenvalue weighted by molar-refractivity contribution is -0.150. The summed E-state index contributed by atoms with van der Waals surface area (Å²) < 4.78 is 0. The lowest BCUT2D eigenvalue weighted by Gasteiger charge is -2.33. The second-order valence-corrected chi connectivity index (χ2v) is 5.12. The molecule has 1 aliphatic rings. The summed E-state index contributed by atoms with van der Waals surface area (Å²) in [6.45, 7) is 3.66. The molecule has 108 valence electrons. The molecule has 1 aromatic carbocycles. The monoisotopic (exact) mass is 275 g/mol. The Morgan fingerprint density at radius 1 is 1.00 bits per heavy atom. The minimum atomic E-state index is 0.0356. The molecule has 0 spiro atoms. The number of hydrogen-bond acceptors (Lipinski definition) is 3. The van der Waals surface area contributed by atoms with Crippen LogP contribution in [0.15, 0.2) is 24.3 Å². The minimum Gasteiger partial charge on any atom is -0.399 e. The normalized spacial score (nSPS) is 15.8. The van der Waals surface area contributed by atoms with Crippen molar-refractivity contribution in [3.63, 3.8) is 0 Å². The number of nitrogens with two attached hydrogens (primary N) is 1. The average molecular weight is 275 g/mol. The topological polar surface area (TPSA) is 66.6 Å². The second-order valence-electron chi connectivity index (χ2n) is 5.12. The third kappa shape index (κ3) is 3.50. The van der Waals surface area contributed by atoms with Crippen molar-refractivity contribution in [2.24, 2.45) is 0 Å². The van der Waals surface area contributed by atoms with Gasteiger partial charge in [-0.1, -0.05) is 19.1 Å². The molecule has 0 aromatic heterocycles. The molecule has 1 heterocycles. The first-order chi connectivity index (χ1) is 9.60. The molecule has 0 aliphatic carbocycles. The number of carbonyl (C=O) groups excluding carboxylic acids is 2. The van der Waals surface area contributed by atoms with E-state index in [0.29, 0.717) is 13.1 Å². The van der Waals surface area contributed by atoms with Crippen molar-refractivity contribution >= 4 is 17.5 Å². The molecule has 1 saturated heterocycles. The number of nitrogens with zero attached hydrogens (tertiary/aromatic N) is 2. The van der Waals surface area contributed by atoms with Gasteiger partial charge < -0.3 is 15.5 Å². The van der Waals surface area contributed by atoms with Crippen LogP contribution in [0.4, 0.5) is 5.69 Å². The first-order valence-corrected chi connectivity index (χ1v) is 7.00. The Morgan fingerprint density at radius 3 is 2.10 bits per heavy atom. The highest BCUT2D eigenvalue weighted by Gasteiger charge is 2.28. The molecule has 2 N–H and O–H groups in total. The lowest BCUT2D eigenvalue weighted by atomic mass is 10.1. The molecule has 1 fully saturated rings. The van der Waals surface area contributed by atoms with Crippen LogP contribution in [0.5, 0.6) is 0 Å². The van der Waals surface area contributed by atoms with Gasteiger partial charge in [-0.2, -0.15) is 0 Å². The van der Waals surface area contributed by atoms with Gasteiger partial charge in [0.15, 0.2) is 0 Å². The van der Waals surface area contributed by atoms with Crippen LogP contribution < -0.4 is 5.73 Å². The van der Waals surface area contributed by atoms with E-state index in [9.17, 15) is 9.59 Å². The summed E-state index contributed by atoms with van der Waals surface area (Å²) in [4.78, 5) is 27.2. The van der Waals surface area contributed by atoms with E-state index in [0.717, 1.165) is 24.1 Å². The fourth-order valence-corrected chi connectivity index (χ4v) is 2.33. The van der Waals surface area contributed by atoms with Crippen LogP contribution in [-0.2, 0) is 16.0 Å². The van der Waals surface area contributed by atoms with Crippen LogP contribution in [0.1, 0.15) is 18.9 Å². The molecule has 0 radical (unpaired) electrons. The summed E-state index contributed by atoms with van der Waals surface area (Å²) in [5.74, 6) is 0.0808. The fourth-order valence-electron chi connectivity index (χ4n) is 2.33. The first kappa shape index (κ1) is 14.4. The van der Waals surface area contributed by atoms with Gasteiger partial charge in [0.05, 0.1) is 13.1 Å². The van der Waals surface area contributed by atoms with Crippen molar-refractivity contribution in [3.8, 4) is 0 Å². The summed E-state index contributed by atoms with van der Waals surface area (Å²) >= 11 is 0. The highest BCUT2D eigenvalue weighted by molar-refractivity contribution is 5.92. The van der Waals surface area contributed by atoms with E-state index in [1.54, 1.807) is 9.80 Å². The molecule has 2 amide bonds. The molecule has 0 atom stereocenters. The largest absolute Gasteiger partial charge is 0.399 e. The third-order valence-electron chi connectivity index (χ3n) is 3.50. The second kappa shape index (κ2) is 6.41. The molecular formula is C15H21N3O2. The number of carbonyl (C=O) groups is 2. The van der Waals surface area contributed by atoms with Crippen molar-refractivity contribution < 1.29 is 9.59 Å². The maximum atomic E-state index is 12.0. The summed E-state index contributed by atoms with van der Waals surface area (Å²) in [5.41, 5.74) is 7.49. The van der Waals surface area contributed by atoms with Crippen LogP contribution >= 0.6 is 0 Å². The molecule has 2 rings (SSSR count). The minimum absolute atomic E-state index is 0.0356. The number of amides is 2. The Labute approximate surface area is 119 Å². The summed E-state index contributed by atoms with van der Waals surface area (Å²) in [6, 6.07) is 7.60. The fraction of sp³-hybridized carbons (Fsp3) is 0.467. The standard InChI is InChI=1S/C15H21N3O2/c1-2-8-17-10-15(20)18(11-14(17)19)9-7-12-3-5-13(16)6-4-12/h3-6H,2,7-11,16H2,1H3. The van der Waals surface area contributed by atoms with Gasteiger partial charge in [-0.15, -0.1) is 0 Å². The summed E-state index contributed by atoms with van der Waals surface area (Å²) in [6.07, 6.45) is 1.62. The van der Waals surface area contributed by atoms with Crippen molar-refractivity contribution in [2.75, 3.05) is 31.9 Å². The summed E-state index contributed by atoms with van der Waals surface area (Å²) in [5, 5.41) is 0. The summed E-state index contributed by atoms with van der Waals surface area (Å²) in [7, 11) is 0. The Kier molecular flexibility index (Phi) is 4.61. The quantitative estimate of drug-likeness (QED) is 0.812. The van der Waals surface area contributed by atoms with Crippen molar-refractivity contribution in [3.05, 3.63) is 29.8 Å². The zero-order valence-electron chi connectivity index (χ0n) is 11.8. The molecule has 0 saturated carbocycles. The zero-order valence-corrected chi connectivity index (χ0v) is 11.8. The number of anilines is 1. The molecular weight excluding hydrogens is 254 g/mol. The van der Waals surface area contributed by atoms with E-state index in [-0.39, 0.29) is 24.9 Å². The van der Waals surface area contributed by atoms with E-state index < -0.39 is 0 Å². The highest BCUT2D eigenvalue weighted by Crippen LogP contribution is 2.10. The number of hydrogen-bond donors (Lipinski definition) is 1. The molecule has 0 unspecified atom stereocenters. The van der Waals surface area contributed by atoms with Crippen LogP contribution in [-0.4, -0.2) is 47.8 Å². The van der Waals surface area contributed by atoms with Crippen LogP contribution in [0.25, 0.3) is 0 Å². The van der Waals surface area contributed by atoms with Gasteiger partial charge in [-0.3, -0.25) is 9.59 Å². The predicted octanol–water partition coefficient (Wildman–Crippen LogP) is 0.892. The van der Waals surface area contributed by atoms with Gasteiger partial charge in [0.1, 0.15) is 0 Å². The van der Waals surface area contributed by atoms with E-state index in [1.807, 2.05) is 31.2 Å². The molecule has 1 aromatic rings. The maximum absolute atomic E-state index is 12.0. The molecule has 0 bridgehead atoms. The number of piperazine rings is 1. The van der Waals surface area contributed by atoms with Gasteiger partial charge in [0.2, 0.25) is 11.8 Å². The smallest absolute Gasteiger partial charge is 0.242 e. The zero-order chi connectivity index (χ0) is 14.5. The molecule has 5 nitrogen and oxygen atoms in total. The van der Waals surface area contributed by atoms with Gasteiger partial charge in [-0.25, -0.2) is 0 Å². The van der Waals surface area contributed by atoms with Gasteiger partial charge >= 0.3 is 0 Å². The Bertz CT molecular complexity index is 484. The third-order valence-corrected chi connectivity index (χ3v) is 3.50. The number of rotatable bonds is 5. The van der Waals surface area contributed by atoms with E-state index >= 15 is 0 Å². The number of benzene rings is 1. The molecule has 1 aliphatic heterocycles. The van der Waals surface area contributed by atoms with Crippen molar-refractivity contribution in [1.29, 1.82) is 0 Å². The van der Waals surface area contributed by atoms with Crippen LogP contribution in [0, 0.1) is 0 Å². The van der Waals surface area contributed by atoms with Crippen LogP contribution in [0.3, 0.4) is 0 Å². The first-order valence-electron chi connectivity index (χ1n) is 7.00. The van der Waals surface area contributed by atoms with Gasteiger partial charge in [0, 0.05) is 18.8 Å². The Balaban J connectivity index is 1.89. The number of nitrogen functional groups attached to an aromatic ring is 1. The van der Waals surface area contributed by atoms with E-state index in [1.165, 1.54) is 0 Å². The van der Waals surface area contributed by atoms with E-state index in [4.69, 9.17) is 5.73 Å². The highest BCUT2D eigenvalue weighted by atomic mass is 16.2. The van der Waals surface area contributed by atoms with Crippen molar-refractivity contribution in [1.82, 2.24) is 9.80 Å². The van der Waals surface area contributed by atoms with Gasteiger partial charge in [-0.05, 0) is 30.5 Å². The molecule has 20 heavy (non-hydrogen) atoms. The lowest BCUT2D eigenvalue weighted by Crippen LogP contribution is -2.54. The molecule has 5 heteroatoms. The SMILES string of the molecule is CCCN1CC(=O)N(CCc2ccc(N)cc2)CC1=O. The Morgan fingerprint density at radius 2 is 1.55 bits per heavy atom.